The first-order valence-electron chi connectivity index (χ1n) is 8.20. The van der Waals surface area contributed by atoms with Crippen LogP contribution in [0.2, 0.25) is 0 Å². The van der Waals surface area contributed by atoms with E-state index in [2.05, 4.69) is 23.3 Å². The van der Waals surface area contributed by atoms with Crippen LogP contribution < -0.4 is 21.9 Å². The third-order valence-electron chi connectivity index (χ3n) is 4.25. The molecular weight excluding hydrogens is 302 g/mol. The molecule has 0 bridgehead atoms. The molecule has 3 aromatic rings. The van der Waals surface area contributed by atoms with Crippen LogP contribution in [0.5, 0.6) is 0 Å². The molecule has 1 aliphatic heterocycles. The molecule has 0 unspecified atom stereocenters. The number of nitrogens with zero attached hydrogens (tertiary/aromatic N) is 2. The molecule has 3 N–H and O–H groups in total. The molecule has 0 saturated heterocycles. The third-order valence-corrected chi connectivity index (χ3v) is 4.25. The lowest BCUT2D eigenvalue weighted by Gasteiger charge is -2.14. The summed E-state index contributed by atoms with van der Waals surface area (Å²) in [5, 5.41) is 0.641. The topological polar surface area (TPSA) is 71.0 Å². The standard InChI is InChI=1S/C18H19N5O/c1-2-3-8-17-19-14-7-5-4-6-13(14)18(24)23(17)12-9-10-15-16(11-12)21-22-20-15/h4-7,9-11,20-22H,2-3,8H2,1H3. The zero-order valence-electron chi connectivity index (χ0n) is 13.5. The van der Waals surface area contributed by atoms with E-state index < -0.39 is 0 Å². The van der Waals surface area contributed by atoms with E-state index in [-0.39, 0.29) is 5.56 Å². The molecule has 0 aliphatic carbocycles. The minimum atomic E-state index is -0.0226. The van der Waals surface area contributed by atoms with Crippen LogP contribution in [0.3, 0.4) is 0 Å². The number of hydrogen-bond acceptors (Lipinski definition) is 5. The van der Waals surface area contributed by atoms with Crippen molar-refractivity contribution < 1.29 is 0 Å². The highest BCUT2D eigenvalue weighted by molar-refractivity contribution is 5.78. The van der Waals surface area contributed by atoms with Gasteiger partial charge in [-0.1, -0.05) is 25.5 Å². The fraction of sp³-hybridized carbons (Fsp3) is 0.222. The van der Waals surface area contributed by atoms with Crippen molar-refractivity contribution in [3.63, 3.8) is 0 Å². The van der Waals surface area contributed by atoms with Crippen molar-refractivity contribution in [2.75, 3.05) is 10.9 Å². The van der Waals surface area contributed by atoms with Crippen LogP contribution in [0.4, 0.5) is 11.4 Å². The second-order valence-electron chi connectivity index (χ2n) is 5.89. The summed E-state index contributed by atoms with van der Waals surface area (Å²) in [6.07, 6.45) is 2.83. The first kappa shape index (κ1) is 14.7. The number of para-hydroxylation sites is 1. The molecule has 0 fully saturated rings. The number of nitrogens with one attached hydrogen (secondary N) is 3. The molecule has 0 amide bonds. The molecule has 6 heteroatoms. The number of aromatic nitrogens is 2. The first-order valence-corrected chi connectivity index (χ1v) is 8.20. The van der Waals surface area contributed by atoms with E-state index in [1.54, 1.807) is 4.57 Å². The SMILES string of the molecule is CCCCc1nc2ccccc2c(=O)n1-c1ccc2c(c1)NNN2. The molecule has 0 saturated carbocycles. The van der Waals surface area contributed by atoms with Crippen molar-refractivity contribution in [2.45, 2.75) is 26.2 Å². The Hall–Kier alpha value is -2.86. The lowest BCUT2D eigenvalue weighted by atomic mass is 10.2. The predicted octanol–water partition coefficient (Wildman–Crippen LogP) is 2.99. The van der Waals surface area contributed by atoms with E-state index in [0.29, 0.717) is 5.39 Å². The molecule has 0 atom stereocenters. The summed E-state index contributed by atoms with van der Waals surface area (Å²) in [7, 11) is 0. The molecule has 6 nitrogen and oxygen atoms in total. The normalized spacial score (nSPS) is 12.7. The van der Waals surface area contributed by atoms with Crippen molar-refractivity contribution >= 4 is 22.3 Å². The third kappa shape index (κ3) is 2.41. The zero-order valence-corrected chi connectivity index (χ0v) is 13.5. The molecule has 2 aromatic carbocycles. The summed E-state index contributed by atoms with van der Waals surface area (Å²) in [6, 6.07) is 13.4. The molecule has 122 valence electrons. The minimum absolute atomic E-state index is 0.0226. The van der Waals surface area contributed by atoms with Crippen LogP contribution in [0.15, 0.2) is 47.3 Å². The van der Waals surface area contributed by atoms with Gasteiger partial charge < -0.3 is 10.9 Å². The number of rotatable bonds is 4. The highest BCUT2D eigenvalue weighted by Gasteiger charge is 2.15. The quantitative estimate of drug-likeness (QED) is 0.689. The van der Waals surface area contributed by atoms with Gasteiger partial charge in [-0.3, -0.25) is 9.36 Å². The van der Waals surface area contributed by atoms with Crippen LogP contribution in [0.1, 0.15) is 25.6 Å². The van der Waals surface area contributed by atoms with Gasteiger partial charge >= 0.3 is 0 Å². The smallest absolute Gasteiger partial charge is 0.265 e. The summed E-state index contributed by atoms with van der Waals surface area (Å²) in [6.45, 7) is 2.14. The van der Waals surface area contributed by atoms with Gasteiger partial charge in [-0.15, -0.1) is 5.53 Å². The molecular formula is C18H19N5O. The summed E-state index contributed by atoms with van der Waals surface area (Å²) in [5.74, 6) is 0.805. The van der Waals surface area contributed by atoms with Gasteiger partial charge in [0.05, 0.1) is 28.0 Å². The van der Waals surface area contributed by atoms with Gasteiger partial charge in [-0.25, -0.2) is 4.98 Å². The molecule has 2 heterocycles. The van der Waals surface area contributed by atoms with E-state index >= 15 is 0 Å². The van der Waals surface area contributed by atoms with Crippen molar-refractivity contribution in [2.24, 2.45) is 0 Å². The number of hydrazine groups is 2. The van der Waals surface area contributed by atoms with E-state index in [0.717, 1.165) is 47.7 Å². The maximum atomic E-state index is 13.1. The summed E-state index contributed by atoms with van der Waals surface area (Å²) in [4.78, 5) is 17.8. The fourth-order valence-corrected chi connectivity index (χ4v) is 3.00. The van der Waals surface area contributed by atoms with Crippen molar-refractivity contribution in [1.82, 2.24) is 15.1 Å². The second-order valence-corrected chi connectivity index (χ2v) is 5.89. The summed E-state index contributed by atoms with van der Waals surface area (Å²) >= 11 is 0. The van der Waals surface area contributed by atoms with Gasteiger partial charge in [-0.05, 0) is 36.8 Å². The number of hydrogen-bond donors (Lipinski definition) is 3. The monoisotopic (exact) mass is 321 g/mol. The zero-order chi connectivity index (χ0) is 16.5. The van der Waals surface area contributed by atoms with Crippen molar-refractivity contribution in [3.05, 3.63) is 58.6 Å². The van der Waals surface area contributed by atoms with E-state index in [9.17, 15) is 4.79 Å². The first-order chi connectivity index (χ1) is 11.8. The highest BCUT2D eigenvalue weighted by Crippen LogP contribution is 2.27. The Kier molecular flexibility index (Phi) is 3.66. The second kappa shape index (κ2) is 5.98. The summed E-state index contributed by atoms with van der Waals surface area (Å²) in [5.41, 5.74) is 12.3. The lowest BCUT2D eigenvalue weighted by Crippen LogP contribution is -2.24. The molecule has 0 radical (unpaired) electrons. The Labute approximate surface area is 139 Å². The molecule has 0 spiro atoms. The molecule has 24 heavy (non-hydrogen) atoms. The highest BCUT2D eigenvalue weighted by atomic mass is 16.1. The van der Waals surface area contributed by atoms with E-state index in [4.69, 9.17) is 4.98 Å². The Morgan fingerprint density at radius 3 is 2.79 bits per heavy atom. The Morgan fingerprint density at radius 2 is 1.92 bits per heavy atom. The van der Waals surface area contributed by atoms with Gasteiger partial charge in [0.15, 0.2) is 0 Å². The Balaban J connectivity index is 1.95. The average molecular weight is 321 g/mol. The van der Waals surface area contributed by atoms with E-state index in [1.165, 1.54) is 0 Å². The summed E-state index contributed by atoms with van der Waals surface area (Å²) < 4.78 is 1.73. The average Bonchev–Trinajstić information content (AvgIpc) is 3.07. The number of anilines is 2. The van der Waals surface area contributed by atoms with Crippen LogP contribution in [-0.2, 0) is 6.42 Å². The van der Waals surface area contributed by atoms with Crippen molar-refractivity contribution in [3.8, 4) is 5.69 Å². The largest absolute Gasteiger partial charge is 0.302 e. The Morgan fingerprint density at radius 1 is 1.08 bits per heavy atom. The van der Waals surface area contributed by atoms with Gasteiger partial charge in [0.25, 0.3) is 5.56 Å². The number of aryl methyl sites for hydroxylation is 1. The van der Waals surface area contributed by atoms with Crippen LogP contribution in [0.25, 0.3) is 16.6 Å². The lowest BCUT2D eigenvalue weighted by molar-refractivity contribution is 0.720. The van der Waals surface area contributed by atoms with Gasteiger partial charge in [-0.2, -0.15) is 0 Å². The number of unbranched alkanes of at least 4 members (excludes halogenated alkanes) is 1. The maximum absolute atomic E-state index is 13.1. The van der Waals surface area contributed by atoms with Gasteiger partial charge in [0.1, 0.15) is 5.82 Å². The van der Waals surface area contributed by atoms with Crippen LogP contribution in [0, 0.1) is 0 Å². The number of benzene rings is 2. The minimum Gasteiger partial charge on any atom is -0.302 e. The fourth-order valence-electron chi connectivity index (χ4n) is 3.00. The van der Waals surface area contributed by atoms with Crippen molar-refractivity contribution in [1.29, 1.82) is 0 Å². The molecule has 1 aromatic heterocycles. The Bertz CT molecular complexity index is 963. The van der Waals surface area contributed by atoms with Crippen LogP contribution >= 0.6 is 0 Å². The van der Waals surface area contributed by atoms with Gasteiger partial charge in [0.2, 0.25) is 0 Å². The maximum Gasteiger partial charge on any atom is 0.265 e. The van der Waals surface area contributed by atoms with Crippen LogP contribution in [-0.4, -0.2) is 9.55 Å². The predicted molar refractivity (Wildman–Crippen MR) is 96.3 cm³/mol. The molecule has 1 aliphatic rings. The van der Waals surface area contributed by atoms with E-state index in [1.807, 2.05) is 42.5 Å². The molecule has 4 rings (SSSR count). The van der Waals surface area contributed by atoms with Gasteiger partial charge in [0, 0.05) is 6.42 Å². The number of fused-ring (bicyclic) bond motifs is 2.